The van der Waals surface area contributed by atoms with Gasteiger partial charge in [-0.3, -0.25) is 9.97 Å². The largest absolute Gasteiger partial charge is 0.438 e. The van der Waals surface area contributed by atoms with E-state index in [2.05, 4.69) is 47.8 Å². The van der Waals surface area contributed by atoms with E-state index in [0.717, 1.165) is 43.8 Å². The van der Waals surface area contributed by atoms with Crippen LogP contribution in [0.4, 0.5) is 0 Å². The third kappa shape index (κ3) is 3.72. The van der Waals surface area contributed by atoms with Crippen molar-refractivity contribution in [3.8, 4) is 23.4 Å². The van der Waals surface area contributed by atoms with Crippen LogP contribution < -0.4 is 9.47 Å². The number of hydrogen-bond acceptors (Lipinski definition) is 6. The van der Waals surface area contributed by atoms with Gasteiger partial charge in [-0.2, -0.15) is 9.97 Å². The molecule has 8 heteroatoms. The molecule has 0 fully saturated rings. The highest BCUT2D eigenvalue weighted by atomic mass is 79.9. The zero-order valence-corrected chi connectivity index (χ0v) is 19.7. The molecule has 6 rings (SSSR count). The van der Waals surface area contributed by atoms with Gasteiger partial charge in [0.25, 0.3) is 0 Å². The van der Waals surface area contributed by atoms with E-state index in [1.165, 1.54) is 0 Å². The summed E-state index contributed by atoms with van der Waals surface area (Å²) in [6.07, 6.45) is 4.31. The van der Waals surface area contributed by atoms with Crippen molar-refractivity contribution in [2.45, 2.75) is 13.3 Å². The maximum Gasteiger partial charge on any atom is 0.327 e. The lowest BCUT2D eigenvalue weighted by molar-refractivity contribution is 0.417. The second-order valence-corrected chi connectivity index (χ2v) is 8.52. The predicted molar refractivity (Wildman–Crippen MR) is 135 cm³/mol. The summed E-state index contributed by atoms with van der Waals surface area (Å²) in [5.74, 6) is 1.60. The van der Waals surface area contributed by atoms with Crippen molar-refractivity contribution in [3.05, 3.63) is 83.2 Å². The number of aromatic nitrogens is 5. The normalized spacial score (nSPS) is 11.4. The molecule has 4 heterocycles. The van der Waals surface area contributed by atoms with Crippen molar-refractivity contribution in [1.82, 2.24) is 24.9 Å². The number of rotatable bonds is 5. The number of hydrogen-bond donors (Lipinski definition) is 1. The summed E-state index contributed by atoms with van der Waals surface area (Å²) in [5, 5.41) is 2.82. The molecule has 7 nitrogen and oxygen atoms in total. The molecule has 0 atom stereocenters. The van der Waals surface area contributed by atoms with E-state index in [4.69, 9.17) is 9.47 Å². The fourth-order valence-electron chi connectivity index (χ4n) is 3.86. The quantitative estimate of drug-likeness (QED) is 0.269. The molecule has 1 N–H and O–H groups in total. The van der Waals surface area contributed by atoms with Crippen LogP contribution in [0.5, 0.6) is 23.4 Å². The van der Waals surface area contributed by atoms with Crippen LogP contribution in [0, 0.1) is 0 Å². The molecule has 6 aromatic rings. The number of aryl methyl sites for hydroxylation is 1. The SMILES string of the molecule is CCc1[nH]c2nc(Oc3ccc4cccnc4c3)nc(Oc3ccc4cccnc4c3)c2c1Br. The van der Waals surface area contributed by atoms with Crippen LogP contribution in [0.25, 0.3) is 32.8 Å². The number of aromatic amines is 1. The lowest BCUT2D eigenvalue weighted by Gasteiger charge is -2.10. The van der Waals surface area contributed by atoms with E-state index in [1.807, 2.05) is 60.7 Å². The molecule has 0 aliphatic heterocycles. The Labute approximate surface area is 203 Å². The van der Waals surface area contributed by atoms with Crippen LogP contribution in [0.15, 0.2) is 77.5 Å². The van der Waals surface area contributed by atoms with Crippen molar-refractivity contribution in [2.75, 3.05) is 0 Å². The van der Waals surface area contributed by atoms with E-state index in [0.29, 0.717) is 23.0 Å². The van der Waals surface area contributed by atoms with Gasteiger partial charge in [0.2, 0.25) is 5.88 Å². The molecule has 0 saturated carbocycles. The first-order valence-corrected chi connectivity index (χ1v) is 11.6. The molecule has 0 bridgehead atoms. The van der Waals surface area contributed by atoms with E-state index in [-0.39, 0.29) is 6.01 Å². The van der Waals surface area contributed by atoms with Gasteiger partial charge in [-0.25, -0.2) is 0 Å². The Hall–Kier alpha value is -4.04. The highest BCUT2D eigenvalue weighted by molar-refractivity contribution is 9.10. The second kappa shape index (κ2) is 8.39. The van der Waals surface area contributed by atoms with Gasteiger partial charge in [0, 0.05) is 41.0 Å². The van der Waals surface area contributed by atoms with Crippen molar-refractivity contribution in [3.63, 3.8) is 0 Å². The van der Waals surface area contributed by atoms with Gasteiger partial charge in [-0.15, -0.1) is 0 Å². The van der Waals surface area contributed by atoms with E-state index < -0.39 is 0 Å². The Morgan fingerprint density at radius 3 is 2.12 bits per heavy atom. The van der Waals surface area contributed by atoms with Crippen molar-refractivity contribution in [2.24, 2.45) is 0 Å². The summed E-state index contributed by atoms with van der Waals surface area (Å²) in [6.45, 7) is 2.07. The summed E-state index contributed by atoms with van der Waals surface area (Å²) >= 11 is 3.68. The van der Waals surface area contributed by atoms with Crippen molar-refractivity contribution in [1.29, 1.82) is 0 Å². The van der Waals surface area contributed by atoms with Gasteiger partial charge < -0.3 is 14.5 Å². The van der Waals surface area contributed by atoms with Gasteiger partial charge in [0.1, 0.15) is 17.1 Å². The van der Waals surface area contributed by atoms with Crippen molar-refractivity contribution >= 4 is 48.8 Å². The molecule has 0 aliphatic rings. The molecular weight excluding hydrogens is 494 g/mol. The minimum Gasteiger partial charge on any atom is -0.438 e. The molecule has 0 spiro atoms. The second-order valence-electron chi connectivity index (χ2n) is 7.73. The summed E-state index contributed by atoms with van der Waals surface area (Å²) < 4.78 is 13.2. The maximum atomic E-state index is 6.25. The average Bonchev–Trinajstić information content (AvgIpc) is 3.19. The van der Waals surface area contributed by atoms with Crippen LogP contribution >= 0.6 is 15.9 Å². The number of nitrogens with zero attached hydrogens (tertiary/aromatic N) is 4. The standard InChI is InChI=1S/C26H18BrN5O2/c1-2-19-23(27)22-24(30-19)31-26(34-18-10-8-16-6-4-12-29-21(16)14-18)32-25(22)33-17-9-7-15-5-3-11-28-20(15)13-17/h3-14H,2H2,1H3,(H,30,31,32). The smallest absolute Gasteiger partial charge is 0.327 e. The highest BCUT2D eigenvalue weighted by Gasteiger charge is 2.19. The Morgan fingerprint density at radius 1 is 0.824 bits per heavy atom. The summed E-state index contributed by atoms with van der Waals surface area (Å²) in [7, 11) is 0. The number of nitrogens with one attached hydrogen (secondary N) is 1. The molecule has 0 aliphatic carbocycles. The molecule has 166 valence electrons. The molecule has 2 aromatic carbocycles. The molecule has 0 saturated heterocycles. The molecule has 0 unspecified atom stereocenters. The lowest BCUT2D eigenvalue weighted by atomic mass is 10.2. The topological polar surface area (TPSA) is 85.8 Å². The minimum atomic E-state index is 0.174. The van der Waals surface area contributed by atoms with Crippen LogP contribution in [-0.2, 0) is 6.42 Å². The first-order valence-electron chi connectivity index (χ1n) is 10.8. The number of H-pyrrole nitrogens is 1. The molecule has 34 heavy (non-hydrogen) atoms. The third-order valence-electron chi connectivity index (χ3n) is 5.54. The van der Waals surface area contributed by atoms with Gasteiger partial charge in [-0.05, 0) is 58.7 Å². The summed E-state index contributed by atoms with van der Waals surface area (Å²) in [4.78, 5) is 21.4. The monoisotopic (exact) mass is 511 g/mol. The van der Waals surface area contributed by atoms with Crippen molar-refractivity contribution < 1.29 is 9.47 Å². The lowest BCUT2D eigenvalue weighted by Crippen LogP contribution is -1.97. The first kappa shape index (κ1) is 20.6. The molecule has 4 aromatic heterocycles. The zero-order chi connectivity index (χ0) is 23.1. The zero-order valence-electron chi connectivity index (χ0n) is 18.1. The Morgan fingerprint density at radius 2 is 1.47 bits per heavy atom. The van der Waals surface area contributed by atoms with Crippen LogP contribution in [0.3, 0.4) is 0 Å². The van der Waals surface area contributed by atoms with Crippen LogP contribution in [0.1, 0.15) is 12.6 Å². The maximum absolute atomic E-state index is 6.25. The number of pyridine rings is 2. The van der Waals surface area contributed by atoms with Gasteiger partial charge >= 0.3 is 6.01 Å². The predicted octanol–water partition coefficient (Wildman–Crippen LogP) is 6.96. The minimum absolute atomic E-state index is 0.174. The van der Waals surface area contributed by atoms with Crippen LogP contribution in [-0.4, -0.2) is 24.9 Å². The number of ether oxygens (including phenoxy) is 2. The van der Waals surface area contributed by atoms with Crippen LogP contribution in [0.2, 0.25) is 0 Å². The van der Waals surface area contributed by atoms with Gasteiger partial charge in [-0.1, -0.05) is 19.1 Å². The highest BCUT2D eigenvalue weighted by Crippen LogP contribution is 2.38. The fraction of sp³-hybridized carbons (Fsp3) is 0.0769. The number of fused-ring (bicyclic) bond motifs is 3. The Bertz CT molecular complexity index is 1680. The molecule has 0 radical (unpaired) electrons. The molecule has 0 amide bonds. The molecular formula is C26H18BrN5O2. The average molecular weight is 512 g/mol. The van der Waals surface area contributed by atoms with Gasteiger partial charge in [0.05, 0.1) is 20.9 Å². The van der Waals surface area contributed by atoms with E-state index >= 15 is 0 Å². The summed E-state index contributed by atoms with van der Waals surface area (Å²) in [6, 6.07) is 19.4. The van der Waals surface area contributed by atoms with E-state index in [1.54, 1.807) is 12.4 Å². The van der Waals surface area contributed by atoms with Gasteiger partial charge in [0.15, 0.2) is 0 Å². The number of benzene rings is 2. The van der Waals surface area contributed by atoms with E-state index in [9.17, 15) is 0 Å². The third-order valence-corrected chi connectivity index (χ3v) is 6.42. The summed E-state index contributed by atoms with van der Waals surface area (Å²) in [5.41, 5.74) is 3.30. The number of halogens is 1. The first-order chi connectivity index (χ1) is 16.7. The fourth-order valence-corrected chi connectivity index (χ4v) is 4.59. The Balaban J connectivity index is 1.43. The Kier molecular flexibility index (Phi) is 5.07.